The highest BCUT2D eigenvalue weighted by Crippen LogP contribution is 2.21. The third kappa shape index (κ3) is 5.61. The first kappa shape index (κ1) is 20.4. The molecule has 0 aliphatic rings. The number of hydrogen-bond acceptors (Lipinski definition) is 6. The molecule has 1 N–H and O–H groups in total. The number of para-hydroxylation sites is 1. The molecule has 0 atom stereocenters. The first-order chi connectivity index (χ1) is 15.2. The van der Waals surface area contributed by atoms with Gasteiger partial charge in [-0.2, -0.15) is 0 Å². The van der Waals surface area contributed by atoms with Crippen LogP contribution in [-0.4, -0.2) is 20.9 Å². The Kier molecular flexibility index (Phi) is 6.44. The van der Waals surface area contributed by atoms with Crippen molar-refractivity contribution < 1.29 is 9.53 Å². The van der Waals surface area contributed by atoms with E-state index in [4.69, 9.17) is 4.74 Å². The topological polar surface area (TPSA) is 77.0 Å². The van der Waals surface area contributed by atoms with Crippen LogP contribution in [0.4, 0.5) is 5.69 Å². The van der Waals surface area contributed by atoms with E-state index in [1.165, 1.54) is 6.08 Å². The van der Waals surface area contributed by atoms with Crippen molar-refractivity contribution in [3.05, 3.63) is 94.7 Å². The van der Waals surface area contributed by atoms with Gasteiger partial charge in [0.15, 0.2) is 5.82 Å². The highest BCUT2D eigenvalue weighted by atomic mass is 32.1. The Morgan fingerprint density at radius 2 is 1.81 bits per heavy atom. The highest BCUT2D eigenvalue weighted by Gasteiger charge is 2.05. The zero-order valence-corrected chi connectivity index (χ0v) is 17.7. The number of carbonyl (C=O) groups is 1. The van der Waals surface area contributed by atoms with Crippen LogP contribution >= 0.6 is 11.3 Å². The molecule has 4 aromatic rings. The van der Waals surface area contributed by atoms with Gasteiger partial charge in [-0.3, -0.25) is 4.79 Å². The molecule has 6 nitrogen and oxygen atoms in total. The Labute approximate surface area is 184 Å². The number of hydrogen-bond donors (Lipinski definition) is 1. The average molecular weight is 429 g/mol. The normalized spacial score (nSPS) is 10.9. The number of anilines is 1. The van der Waals surface area contributed by atoms with Crippen molar-refractivity contribution in [1.29, 1.82) is 0 Å². The van der Waals surface area contributed by atoms with Gasteiger partial charge in [0, 0.05) is 22.6 Å². The summed E-state index contributed by atoms with van der Waals surface area (Å²) in [6.45, 7) is 2.34. The molecule has 0 spiro atoms. The second-order valence-electron chi connectivity index (χ2n) is 6.67. The molecule has 0 radical (unpaired) electrons. The number of aromatic nitrogens is 3. The molecule has 31 heavy (non-hydrogen) atoms. The molecular formula is C24H20N4O2S. The fourth-order valence-corrected chi connectivity index (χ4v) is 3.45. The first-order valence-corrected chi connectivity index (χ1v) is 10.5. The monoisotopic (exact) mass is 428 g/mol. The summed E-state index contributed by atoms with van der Waals surface area (Å²) in [6.07, 6.45) is 6.36. The standard InChI is InChI=1S/C24H20N4O2S/c1-17-27-21(16-31-17)15-30-22-10-6-5-7-18(22)11-12-23(29)28-20-13-25-24(26-14-20)19-8-3-2-4-9-19/h2-14,16H,15H2,1H3,(H,28,29)/b12-11+. The van der Waals surface area contributed by atoms with E-state index in [1.807, 2.05) is 66.9 Å². The number of benzene rings is 2. The largest absolute Gasteiger partial charge is 0.487 e. The van der Waals surface area contributed by atoms with Gasteiger partial charge in [-0.05, 0) is 19.1 Å². The van der Waals surface area contributed by atoms with Crippen LogP contribution in [0.25, 0.3) is 17.5 Å². The number of nitrogens with zero attached hydrogens (tertiary/aromatic N) is 3. The summed E-state index contributed by atoms with van der Waals surface area (Å²) < 4.78 is 5.88. The van der Waals surface area contributed by atoms with Crippen molar-refractivity contribution in [2.75, 3.05) is 5.32 Å². The maximum Gasteiger partial charge on any atom is 0.248 e. The zero-order chi connectivity index (χ0) is 21.5. The third-order valence-corrected chi connectivity index (χ3v) is 5.15. The van der Waals surface area contributed by atoms with Gasteiger partial charge < -0.3 is 10.1 Å². The van der Waals surface area contributed by atoms with Gasteiger partial charge in [0.2, 0.25) is 5.91 Å². The number of amides is 1. The smallest absolute Gasteiger partial charge is 0.248 e. The predicted molar refractivity (Wildman–Crippen MR) is 123 cm³/mol. The molecular weight excluding hydrogens is 408 g/mol. The van der Waals surface area contributed by atoms with Crippen molar-refractivity contribution in [3.63, 3.8) is 0 Å². The summed E-state index contributed by atoms with van der Waals surface area (Å²) in [5.41, 5.74) is 3.14. The van der Waals surface area contributed by atoms with Crippen molar-refractivity contribution >= 4 is 29.0 Å². The second kappa shape index (κ2) is 9.77. The Morgan fingerprint density at radius 3 is 2.55 bits per heavy atom. The molecule has 4 rings (SSSR count). The van der Waals surface area contributed by atoms with Gasteiger partial charge in [0.1, 0.15) is 12.4 Å². The Bertz CT molecular complexity index is 1190. The summed E-state index contributed by atoms with van der Waals surface area (Å²) in [5.74, 6) is 1.02. The summed E-state index contributed by atoms with van der Waals surface area (Å²) in [5, 5.41) is 5.75. The third-order valence-electron chi connectivity index (χ3n) is 4.33. The average Bonchev–Trinajstić information content (AvgIpc) is 3.23. The number of ether oxygens (including phenoxy) is 1. The molecule has 0 saturated carbocycles. The summed E-state index contributed by atoms with van der Waals surface area (Å²) >= 11 is 1.59. The van der Waals surface area contributed by atoms with Crippen LogP contribution < -0.4 is 10.1 Å². The molecule has 1 amide bonds. The molecule has 2 aromatic heterocycles. The number of aryl methyl sites for hydroxylation is 1. The minimum atomic E-state index is -0.277. The molecule has 2 heterocycles. The number of carbonyl (C=O) groups excluding carboxylic acids is 1. The van der Waals surface area contributed by atoms with E-state index in [-0.39, 0.29) is 5.91 Å². The Hall–Kier alpha value is -3.84. The van der Waals surface area contributed by atoms with Crippen molar-refractivity contribution in [2.45, 2.75) is 13.5 Å². The summed E-state index contributed by atoms with van der Waals surface area (Å²) in [4.78, 5) is 25.4. The SMILES string of the molecule is Cc1nc(COc2ccccc2/C=C/C(=O)Nc2cnc(-c3ccccc3)nc2)cs1. The molecule has 7 heteroatoms. The van der Waals surface area contributed by atoms with E-state index in [1.54, 1.807) is 29.8 Å². The van der Waals surface area contributed by atoms with E-state index in [0.717, 1.165) is 21.8 Å². The van der Waals surface area contributed by atoms with E-state index < -0.39 is 0 Å². The fourth-order valence-electron chi connectivity index (χ4n) is 2.85. The maximum absolute atomic E-state index is 12.3. The quantitative estimate of drug-likeness (QED) is 0.413. The van der Waals surface area contributed by atoms with Gasteiger partial charge in [-0.1, -0.05) is 48.5 Å². The lowest BCUT2D eigenvalue weighted by molar-refractivity contribution is -0.111. The minimum absolute atomic E-state index is 0.277. The summed E-state index contributed by atoms with van der Waals surface area (Å²) in [6, 6.07) is 17.2. The molecule has 0 aliphatic carbocycles. The van der Waals surface area contributed by atoms with Crippen LogP contribution in [0.3, 0.4) is 0 Å². The molecule has 0 unspecified atom stereocenters. The lowest BCUT2D eigenvalue weighted by atomic mass is 10.2. The van der Waals surface area contributed by atoms with Crippen LogP contribution in [-0.2, 0) is 11.4 Å². The Morgan fingerprint density at radius 1 is 1.06 bits per heavy atom. The van der Waals surface area contributed by atoms with Crippen molar-refractivity contribution in [2.24, 2.45) is 0 Å². The zero-order valence-electron chi connectivity index (χ0n) is 16.9. The lowest BCUT2D eigenvalue weighted by Gasteiger charge is -2.08. The predicted octanol–water partition coefficient (Wildman–Crippen LogP) is 5.14. The molecule has 154 valence electrons. The Balaban J connectivity index is 1.38. The van der Waals surface area contributed by atoms with Crippen LogP contribution in [0.2, 0.25) is 0 Å². The van der Waals surface area contributed by atoms with E-state index in [0.29, 0.717) is 23.9 Å². The minimum Gasteiger partial charge on any atom is -0.487 e. The van der Waals surface area contributed by atoms with Crippen LogP contribution in [0.5, 0.6) is 5.75 Å². The summed E-state index contributed by atoms with van der Waals surface area (Å²) in [7, 11) is 0. The molecule has 0 aliphatic heterocycles. The van der Waals surface area contributed by atoms with Crippen molar-refractivity contribution in [1.82, 2.24) is 15.0 Å². The maximum atomic E-state index is 12.3. The molecule has 0 saturated heterocycles. The van der Waals surface area contributed by atoms with Crippen LogP contribution in [0, 0.1) is 6.92 Å². The number of rotatable bonds is 7. The highest BCUT2D eigenvalue weighted by molar-refractivity contribution is 7.09. The van der Waals surface area contributed by atoms with Crippen LogP contribution in [0.15, 0.2) is 78.4 Å². The van der Waals surface area contributed by atoms with Gasteiger partial charge in [0.05, 0.1) is 28.8 Å². The first-order valence-electron chi connectivity index (χ1n) is 9.67. The van der Waals surface area contributed by atoms with Gasteiger partial charge >= 0.3 is 0 Å². The molecule has 2 aromatic carbocycles. The van der Waals surface area contributed by atoms with Gasteiger partial charge in [-0.15, -0.1) is 11.3 Å². The van der Waals surface area contributed by atoms with Gasteiger partial charge in [0.25, 0.3) is 0 Å². The molecule has 0 fully saturated rings. The fraction of sp³-hybridized carbons (Fsp3) is 0.0833. The van der Waals surface area contributed by atoms with Crippen molar-refractivity contribution in [3.8, 4) is 17.1 Å². The second-order valence-corrected chi connectivity index (χ2v) is 7.73. The molecule has 0 bridgehead atoms. The lowest BCUT2D eigenvalue weighted by Crippen LogP contribution is -2.08. The van der Waals surface area contributed by atoms with Gasteiger partial charge in [-0.25, -0.2) is 15.0 Å². The number of thiazole rings is 1. The van der Waals surface area contributed by atoms with E-state index in [2.05, 4.69) is 20.3 Å². The van der Waals surface area contributed by atoms with Crippen LogP contribution in [0.1, 0.15) is 16.3 Å². The van der Waals surface area contributed by atoms with E-state index >= 15 is 0 Å². The number of nitrogens with one attached hydrogen (secondary N) is 1. The van der Waals surface area contributed by atoms with E-state index in [9.17, 15) is 4.79 Å².